The standard InChI is InChI=1S/C13H17N3O/c1-8(2)7-11-15-13(17-16-11)12-9(3)5-4-6-10(12)14/h4-6,8H,7,14H2,1-3H3. The molecule has 0 radical (unpaired) electrons. The van der Waals surface area contributed by atoms with E-state index in [1.54, 1.807) is 0 Å². The topological polar surface area (TPSA) is 64.9 Å². The Bertz CT molecular complexity index is 497. The van der Waals surface area contributed by atoms with E-state index in [9.17, 15) is 0 Å². The minimum absolute atomic E-state index is 0.509. The van der Waals surface area contributed by atoms with Crippen LogP contribution in [0.15, 0.2) is 22.7 Å². The number of rotatable bonds is 3. The zero-order valence-corrected chi connectivity index (χ0v) is 10.4. The first-order valence-corrected chi connectivity index (χ1v) is 5.76. The number of nitrogen functional groups attached to an aromatic ring is 1. The SMILES string of the molecule is Cc1cccc(N)c1-c1nc(CC(C)C)no1. The Labute approximate surface area is 101 Å². The van der Waals surface area contributed by atoms with Gasteiger partial charge in [-0.15, -0.1) is 0 Å². The molecule has 17 heavy (non-hydrogen) atoms. The zero-order valence-electron chi connectivity index (χ0n) is 10.4. The van der Waals surface area contributed by atoms with Crippen molar-refractivity contribution < 1.29 is 4.52 Å². The van der Waals surface area contributed by atoms with E-state index in [1.807, 2.05) is 25.1 Å². The smallest absolute Gasteiger partial charge is 0.260 e. The fourth-order valence-electron chi connectivity index (χ4n) is 1.79. The van der Waals surface area contributed by atoms with Crippen LogP contribution in [0.3, 0.4) is 0 Å². The quantitative estimate of drug-likeness (QED) is 0.825. The first-order chi connectivity index (χ1) is 8.08. The molecule has 0 atom stereocenters. The molecule has 4 heteroatoms. The van der Waals surface area contributed by atoms with Crippen molar-refractivity contribution in [1.29, 1.82) is 0 Å². The molecule has 2 N–H and O–H groups in total. The van der Waals surface area contributed by atoms with E-state index in [4.69, 9.17) is 10.3 Å². The number of aromatic nitrogens is 2. The predicted octanol–water partition coefficient (Wildman–Crippen LogP) is 2.83. The normalized spacial score (nSPS) is 11.1. The number of benzene rings is 1. The van der Waals surface area contributed by atoms with Crippen molar-refractivity contribution in [1.82, 2.24) is 10.1 Å². The minimum atomic E-state index is 0.509. The fourth-order valence-corrected chi connectivity index (χ4v) is 1.79. The summed E-state index contributed by atoms with van der Waals surface area (Å²) in [4.78, 5) is 4.38. The number of anilines is 1. The Morgan fingerprint density at radius 1 is 1.35 bits per heavy atom. The molecule has 0 saturated carbocycles. The zero-order chi connectivity index (χ0) is 12.4. The van der Waals surface area contributed by atoms with Crippen LogP contribution < -0.4 is 5.73 Å². The lowest BCUT2D eigenvalue weighted by Gasteiger charge is -2.03. The van der Waals surface area contributed by atoms with Crippen LogP contribution >= 0.6 is 0 Å². The summed E-state index contributed by atoms with van der Waals surface area (Å²) in [5.41, 5.74) is 8.50. The van der Waals surface area contributed by atoms with Crippen LogP contribution in [0.1, 0.15) is 25.2 Å². The van der Waals surface area contributed by atoms with Crippen molar-refractivity contribution in [2.75, 3.05) is 5.73 Å². The van der Waals surface area contributed by atoms with Gasteiger partial charge in [-0.25, -0.2) is 0 Å². The van der Waals surface area contributed by atoms with Crippen LogP contribution in [0, 0.1) is 12.8 Å². The fraction of sp³-hybridized carbons (Fsp3) is 0.385. The van der Waals surface area contributed by atoms with Gasteiger partial charge in [0.25, 0.3) is 5.89 Å². The lowest BCUT2D eigenvalue weighted by atomic mass is 10.1. The molecule has 1 aromatic carbocycles. The van der Waals surface area contributed by atoms with E-state index >= 15 is 0 Å². The van der Waals surface area contributed by atoms with Crippen molar-refractivity contribution >= 4 is 5.69 Å². The molecular weight excluding hydrogens is 214 g/mol. The van der Waals surface area contributed by atoms with Gasteiger partial charge in [0.2, 0.25) is 0 Å². The van der Waals surface area contributed by atoms with Crippen LogP contribution in [-0.4, -0.2) is 10.1 Å². The second kappa shape index (κ2) is 4.57. The summed E-state index contributed by atoms with van der Waals surface area (Å²) in [6, 6.07) is 5.74. The number of nitrogens with two attached hydrogens (primary N) is 1. The molecule has 4 nitrogen and oxygen atoms in total. The number of aryl methyl sites for hydroxylation is 1. The molecule has 0 spiro atoms. The summed E-state index contributed by atoms with van der Waals surface area (Å²) < 4.78 is 5.27. The summed E-state index contributed by atoms with van der Waals surface area (Å²) in [5.74, 6) is 1.75. The lowest BCUT2D eigenvalue weighted by Crippen LogP contribution is -1.96. The van der Waals surface area contributed by atoms with E-state index in [1.165, 1.54) is 0 Å². The second-order valence-corrected chi connectivity index (χ2v) is 4.65. The summed E-state index contributed by atoms with van der Waals surface area (Å²) in [5, 5.41) is 3.97. The molecule has 0 aliphatic heterocycles. The van der Waals surface area contributed by atoms with Crippen LogP contribution in [-0.2, 0) is 6.42 Å². The Morgan fingerprint density at radius 2 is 2.12 bits per heavy atom. The highest BCUT2D eigenvalue weighted by Crippen LogP contribution is 2.27. The molecule has 1 aromatic heterocycles. The molecule has 0 bridgehead atoms. The Kier molecular flexibility index (Phi) is 3.13. The van der Waals surface area contributed by atoms with E-state index in [0.29, 0.717) is 17.5 Å². The lowest BCUT2D eigenvalue weighted by molar-refractivity contribution is 0.417. The average molecular weight is 231 g/mol. The summed E-state index contributed by atoms with van der Waals surface area (Å²) in [7, 11) is 0. The van der Waals surface area contributed by atoms with Gasteiger partial charge < -0.3 is 10.3 Å². The first kappa shape index (κ1) is 11.6. The van der Waals surface area contributed by atoms with E-state index in [2.05, 4.69) is 24.0 Å². The molecule has 0 aliphatic rings. The van der Waals surface area contributed by atoms with Crippen molar-refractivity contribution in [3.63, 3.8) is 0 Å². The molecular formula is C13H17N3O. The third-order valence-corrected chi connectivity index (χ3v) is 2.58. The molecule has 1 heterocycles. The predicted molar refractivity (Wildman–Crippen MR) is 67.4 cm³/mol. The summed E-state index contributed by atoms with van der Waals surface area (Å²) >= 11 is 0. The highest BCUT2D eigenvalue weighted by Gasteiger charge is 2.14. The van der Waals surface area contributed by atoms with Gasteiger partial charge in [-0.05, 0) is 24.5 Å². The number of nitrogens with zero attached hydrogens (tertiary/aromatic N) is 2. The van der Waals surface area contributed by atoms with Gasteiger partial charge in [-0.1, -0.05) is 31.1 Å². The van der Waals surface area contributed by atoms with Gasteiger partial charge in [0.1, 0.15) is 0 Å². The first-order valence-electron chi connectivity index (χ1n) is 5.76. The average Bonchev–Trinajstić information content (AvgIpc) is 2.65. The molecule has 2 aromatic rings. The summed E-state index contributed by atoms with van der Waals surface area (Å²) in [6.07, 6.45) is 0.815. The van der Waals surface area contributed by atoms with Crippen molar-refractivity contribution in [3.05, 3.63) is 29.6 Å². The molecule has 0 unspecified atom stereocenters. The number of hydrogen-bond donors (Lipinski definition) is 1. The molecule has 0 amide bonds. The largest absolute Gasteiger partial charge is 0.398 e. The maximum absolute atomic E-state index is 5.94. The highest BCUT2D eigenvalue weighted by molar-refractivity contribution is 5.73. The third kappa shape index (κ3) is 2.46. The van der Waals surface area contributed by atoms with Gasteiger partial charge >= 0.3 is 0 Å². The van der Waals surface area contributed by atoms with Gasteiger partial charge in [-0.3, -0.25) is 0 Å². The van der Waals surface area contributed by atoms with Crippen molar-refractivity contribution in [3.8, 4) is 11.5 Å². The monoisotopic (exact) mass is 231 g/mol. The molecule has 0 saturated heterocycles. The summed E-state index contributed by atoms with van der Waals surface area (Å²) in [6.45, 7) is 6.23. The van der Waals surface area contributed by atoms with Gasteiger partial charge in [0.05, 0.1) is 5.56 Å². The van der Waals surface area contributed by atoms with Crippen molar-refractivity contribution in [2.45, 2.75) is 27.2 Å². The maximum atomic E-state index is 5.94. The van der Waals surface area contributed by atoms with Gasteiger partial charge in [0, 0.05) is 12.1 Å². The minimum Gasteiger partial charge on any atom is -0.398 e. The molecule has 0 aliphatic carbocycles. The Balaban J connectivity index is 2.37. The van der Waals surface area contributed by atoms with Crippen LogP contribution in [0.25, 0.3) is 11.5 Å². The van der Waals surface area contributed by atoms with E-state index in [0.717, 1.165) is 23.4 Å². The van der Waals surface area contributed by atoms with Crippen molar-refractivity contribution in [2.24, 2.45) is 5.92 Å². The molecule has 0 fully saturated rings. The molecule has 2 rings (SSSR count). The molecule has 90 valence electrons. The number of hydrogen-bond acceptors (Lipinski definition) is 4. The van der Waals surface area contributed by atoms with Crippen LogP contribution in [0.5, 0.6) is 0 Å². The third-order valence-electron chi connectivity index (χ3n) is 2.58. The Morgan fingerprint density at radius 3 is 2.76 bits per heavy atom. The second-order valence-electron chi connectivity index (χ2n) is 4.65. The van der Waals surface area contributed by atoms with Gasteiger partial charge in [-0.2, -0.15) is 4.98 Å². The maximum Gasteiger partial charge on any atom is 0.260 e. The van der Waals surface area contributed by atoms with E-state index in [-0.39, 0.29) is 0 Å². The van der Waals surface area contributed by atoms with Crippen LogP contribution in [0.2, 0.25) is 0 Å². The highest BCUT2D eigenvalue weighted by atomic mass is 16.5. The Hall–Kier alpha value is -1.84. The van der Waals surface area contributed by atoms with E-state index < -0.39 is 0 Å². The van der Waals surface area contributed by atoms with Gasteiger partial charge in [0.15, 0.2) is 5.82 Å². The van der Waals surface area contributed by atoms with Crippen LogP contribution in [0.4, 0.5) is 5.69 Å².